The smallest absolute Gasteiger partial charge is 0.254 e. The number of nitrogens with one attached hydrogen (secondary N) is 1. The summed E-state index contributed by atoms with van der Waals surface area (Å²) in [4.78, 5) is 28.2. The average molecular weight is 344 g/mol. The Balaban J connectivity index is 0.00000176. The van der Waals surface area contributed by atoms with Crippen molar-refractivity contribution in [3.8, 4) is 0 Å². The van der Waals surface area contributed by atoms with E-state index in [4.69, 9.17) is 0 Å². The van der Waals surface area contributed by atoms with E-state index in [-0.39, 0.29) is 24.2 Å². The van der Waals surface area contributed by atoms with Gasteiger partial charge in [-0.25, -0.2) is 0 Å². The van der Waals surface area contributed by atoms with Crippen LogP contribution in [0.15, 0.2) is 16.8 Å². The normalized spacial score (nSPS) is 21.5. The molecule has 0 aromatic carbocycles. The Morgan fingerprint density at radius 2 is 1.95 bits per heavy atom. The minimum Gasteiger partial charge on any atom is -0.339 e. The molecule has 1 N–H and O–H groups in total. The SMILES string of the molecule is Cl.O=C(CC1CCCN1)N1CCN(C(=O)c2ccsc2)CC1. The number of carbonyl (C=O) groups excluding carboxylic acids is 2. The molecule has 22 heavy (non-hydrogen) atoms. The Kier molecular flexibility index (Phi) is 6.23. The predicted molar refractivity (Wildman–Crippen MR) is 89.7 cm³/mol. The van der Waals surface area contributed by atoms with Crippen LogP contribution in [0.5, 0.6) is 0 Å². The first-order valence-corrected chi connectivity index (χ1v) is 8.51. The van der Waals surface area contributed by atoms with Crippen molar-refractivity contribution in [2.75, 3.05) is 32.7 Å². The van der Waals surface area contributed by atoms with Gasteiger partial charge in [0.15, 0.2) is 0 Å². The van der Waals surface area contributed by atoms with Gasteiger partial charge in [0.1, 0.15) is 0 Å². The number of halogens is 1. The molecule has 2 fully saturated rings. The molecule has 0 aliphatic carbocycles. The topological polar surface area (TPSA) is 52.7 Å². The zero-order valence-corrected chi connectivity index (χ0v) is 14.1. The highest BCUT2D eigenvalue weighted by Gasteiger charge is 2.27. The van der Waals surface area contributed by atoms with E-state index in [1.807, 2.05) is 26.6 Å². The maximum atomic E-state index is 12.2. The van der Waals surface area contributed by atoms with Crippen LogP contribution >= 0.6 is 23.7 Å². The minimum atomic E-state index is 0. The van der Waals surface area contributed by atoms with E-state index in [1.165, 1.54) is 17.8 Å². The van der Waals surface area contributed by atoms with Crippen LogP contribution in [0.4, 0.5) is 0 Å². The summed E-state index contributed by atoms with van der Waals surface area (Å²) in [6.45, 7) is 3.61. The molecular weight excluding hydrogens is 322 g/mol. The van der Waals surface area contributed by atoms with Gasteiger partial charge in [0, 0.05) is 44.0 Å². The van der Waals surface area contributed by atoms with E-state index in [2.05, 4.69) is 5.32 Å². The lowest BCUT2D eigenvalue weighted by Gasteiger charge is -2.35. The lowest BCUT2D eigenvalue weighted by molar-refractivity contribution is -0.133. The molecular formula is C15H22ClN3O2S. The van der Waals surface area contributed by atoms with E-state index in [0.717, 1.165) is 18.5 Å². The van der Waals surface area contributed by atoms with Crippen molar-refractivity contribution in [3.63, 3.8) is 0 Å². The molecule has 122 valence electrons. The fraction of sp³-hybridized carbons (Fsp3) is 0.600. The number of thiophene rings is 1. The highest BCUT2D eigenvalue weighted by atomic mass is 35.5. The van der Waals surface area contributed by atoms with Gasteiger partial charge in [0.25, 0.3) is 5.91 Å². The standard InChI is InChI=1S/C15H21N3O2S.ClH/c19-14(10-13-2-1-4-16-13)17-5-7-18(8-6-17)15(20)12-3-9-21-11-12;/h3,9,11,13,16H,1-2,4-8,10H2;1H. The van der Waals surface area contributed by atoms with E-state index in [0.29, 0.717) is 38.6 Å². The highest BCUT2D eigenvalue weighted by Crippen LogP contribution is 2.14. The highest BCUT2D eigenvalue weighted by molar-refractivity contribution is 7.08. The first-order chi connectivity index (χ1) is 10.2. The maximum Gasteiger partial charge on any atom is 0.254 e. The molecule has 5 nitrogen and oxygen atoms in total. The molecule has 2 amide bonds. The minimum absolute atomic E-state index is 0. The van der Waals surface area contributed by atoms with Crippen LogP contribution in [0, 0.1) is 0 Å². The Bertz CT molecular complexity index is 495. The quantitative estimate of drug-likeness (QED) is 0.907. The molecule has 0 bridgehead atoms. The summed E-state index contributed by atoms with van der Waals surface area (Å²) < 4.78 is 0. The molecule has 1 unspecified atom stereocenters. The van der Waals surface area contributed by atoms with Crippen LogP contribution in [0.2, 0.25) is 0 Å². The van der Waals surface area contributed by atoms with Gasteiger partial charge in [0.2, 0.25) is 5.91 Å². The first kappa shape index (κ1) is 17.2. The van der Waals surface area contributed by atoms with Gasteiger partial charge in [-0.3, -0.25) is 9.59 Å². The van der Waals surface area contributed by atoms with E-state index in [1.54, 1.807) is 0 Å². The molecule has 2 saturated heterocycles. The molecule has 3 heterocycles. The largest absolute Gasteiger partial charge is 0.339 e. The van der Waals surface area contributed by atoms with Crippen molar-refractivity contribution in [1.82, 2.24) is 15.1 Å². The second-order valence-corrected chi connectivity index (χ2v) is 6.46. The lowest BCUT2D eigenvalue weighted by Crippen LogP contribution is -2.51. The summed E-state index contributed by atoms with van der Waals surface area (Å²) in [6.07, 6.45) is 2.86. The number of amides is 2. The van der Waals surface area contributed by atoms with Crippen LogP contribution in [0.1, 0.15) is 29.6 Å². The Morgan fingerprint density at radius 1 is 1.23 bits per heavy atom. The van der Waals surface area contributed by atoms with E-state index in [9.17, 15) is 9.59 Å². The third kappa shape index (κ3) is 4.00. The number of nitrogens with zero attached hydrogens (tertiary/aromatic N) is 2. The number of rotatable bonds is 3. The van der Waals surface area contributed by atoms with Crippen LogP contribution < -0.4 is 5.32 Å². The second-order valence-electron chi connectivity index (χ2n) is 5.68. The molecule has 3 rings (SSSR count). The van der Waals surface area contributed by atoms with Crippen LogP contribution in [0.25, 0.3) is 0 Å². The zero-order chi connectivity index (χ0) is 14.7. The first-order valence-electron chi connectivity index (χ1n) is 7.56. The van der Waals surface area contributed by atoms with Gasteiger partial charge < -0.3 is 15.1 Å². The molecule has 0 spiro atoms. The van der Waals surface area contributed by atoms with E-state index >= 15 is 0 Å². The zero-order valence-electron chi connectivity index (χ0n) is 12.5. The molecule has 0 radical (unpaired) electrons. The van der Waals surface area contributed by atoms with Gasteiger partial charge in [-0.1, -0.05) is 0 Å². The van der Waals surface area contributed by atoms with Crippen molar-refractivity contribution >= 4 is 35.6 Å². The molecule has 7 heteroatoms. The van der Waals surface area contributed by atoms with Gasteiger partial charge >= 0.3 is 0 Å². The number of hydrogen-bond acceptors (Lipinski definition) is 4. The monoisotopic (exact) mass is 343 g/mol. The predicted octanol–water partition coefficient (Wildman–Crippen LogP) is 1.60. The fourth-order valence-corrected chi connectivity index (χ4v) is 3.63. The maximum absolute atomic E-state index is 12.2. The van der Waals surface area contributed by atoms with Crippen molar-refractivity contribution < 1.29 is 9.59 Å². The van der Waals surface area contributed by atoms with E-state index < -0.39 is 0 Å². The summed E-state index contributed by atoms with van der Waals surface area (Å²) in [5.74, 6) is 0.304. The Labute approximate surface area is 141 Å². The van der Waals surface area contributed by atoms with Gasteiger partial charge in [-0.2, -0.15) is 11.3 Å². The van der Waals surface area contributed by atoms with Crippen molar-refractivity contribution in [2.24, 2.45) is 0 Å². The van der Waals surface area contributed by atoms with Gasteiger partial charge in [0.05, 0.1) is 5.56 Å². The molecule has 2 aliphatic heterocycles. The summed E-state index contributed by atoms with van der Waals surface area (Å²) in [5.41, 5.74) is 0.759. The third-order valence-corrected chi connectivity index (χ3v) is 4.95. The lowest BCUT2D eigenvalue weighted by atomic mass is 10.1. The Hall–Kier alpha value is -1.11. The Morgan fingerprint density at radius 3 is 2.55 bits per heavy atom. The molecule has 1 atom stereocenters. The molecule has 1 aromatic rings. The van der Waals surface area contributed by atoms with Crippen molar-refractivity contribution in [3.05, 3.63) is 22.4 Å². The summed E-state index contributed by atoms with van der Waals surface area (Å²) in [6, 6.07) is 2.21. The summed E-state index contributed by atoms with van der Waals surface area (Å²) >= 11 is 1.54. The average Bonchev–Trinajstić information content (AvgIpc) is 3.20. The summed E-state index contributed by atoms with van der Waals surface area (Å²) in [5, 5.41) is 7.16. The van der Waals surface area contributed by atoms with Crippen molar-refractivity contribution in [1.29, 1.82) is 0 Å². The number of carbonyl (C=O) groups is 2. The van der Waals surface area contributed by atoms with Crippen LogP contribution in [0.3, 0.4) is 0 Å². The number of piperazine rings is 1. The van der Waals surface area contributed by atoms with Gasteiger partial charge in [-0.05, 0) is 30.8 Å². The van der Waals surface area contributed by atoms with Crippen LogP contribution in [-0.4, -0.2) is 60.4 Å². The molecule has 2 aliphatic rings. The molecule has 0 saturated carbocycles. The van der Waals surface area contributed by atoms with Crippen LogP contribution in [-0.2, 0) is 4.79 Å². The molecule has 1 aromatic heterocycles. The summed E-state index contributed by atoms with van der Waals surface area (Å²) in [7, 11) is 0. The van der Waals surface area contributed by atoms with Gasteiger partial charge in [-0.15, -0.1) is 12.4 Å². The fourth-order valence-electron chi connectivity index (χ4n) is 3.00. The van der Waals surface area contributed by atoms with Crippen molar-refractivity contribution in [2.45, 2.75) is 25.3 Å². The number of hydrogen-bond donors (Lipinski definition) is 1. The third-order valence-electron chi connectivity index (χ3n) is 4.27. The second kappa shape index (κ2) is 7.94.